The van der Waals surface area contributed by atoms with Gasteiger partial charge in [-0.15, -0.1) is 0 Å². The zero-order valence-electron chi connectivity index (χ0n) is 73.6. The Morgan fingerprint density at radius 3 is 1.05 bits per heavy atom. The van der Waals surface area contributed by atoms with E-state index in [-0.39, 0.29) is 28.6 Å². The standard InChI is InChI=1S/C23H22N6.C21H17FN6O.C21H21N5.C20H19N5O/c1-14-9-18(24-6)21(25-11-14)17-10-16(8-7-15(17)2)19-12-26-22-28-20(23(3,4)5)13-27-29(19)22;1-12-5-6-13(7-15(12)19-16(23-4)8-14(22)9-24-19)17-10-25-20-27-18(21(2,3)29)11-26-28(17)20;1-14-7-8-15(10-17(14)16-6-5-9-22-11-16)18-12-23-20-25-19(21(2,3)4)13-24-26(18)20;1-13-6-7-14(9-16(13)15-5-4-8-21-10-15)17-11-22-19-24-18(20(2,3)26)12-23-25(17)19/h7-13H,1-5H3;5-11,29H,1-3H3;5-13H,1-4H3;4-12,26H,1-3H3/i3D3;3*2D3. The number of aromatic nitrogens is 20. The van der Waals surface area contributed by atoms with Gasteiger partial charge in [0.25, 0.3) is 23.1 Å². The van der Waals surface area contributed by atoms with Gasteiger partial charge in [-0.2, -0.15) is 38.5 Å². The first-order valence-corrected chi connectivity index (χ1v) is 34.3. The van der Waals surface area contributed by atoms with E-state index in [9.17, 15) is 14.6 Å². The second-order valence-electron chi connectivity index (χ2n) is 27.6. The summed E-state index contributed by atoms with van der Waals surface area (Å²) in [7, 11) is 0. The summed E-state index contributed by atoms with van der Waals surface area (Å²) in [6.45, 7) is 23.9. The van der Waals surface area contributed by atoms with Crippen LogP contribution in [0.4, 0.5) is 15.8 Å². The van der Waals surface area contributed by atoms with E-state index in [1.807, 2.05) is 125 Å². The van der Waals surface area contributed by atoms with E-state index >= 15 is 0 Å². The van der Waals surface area contributed by atoms with Gasteiger partial charge < -0.3 is 10.2 Å². The Morgan fingerprint density at radius 1 is 0.373 bits per heavy atom. The molecule has 0 aliphatic heterocycles. The maximum atomic E-state index is 13.5. The number of nitrogens with zero attached hydrogens (tertiary/aromatic N) is 22. The average Bonchev–Trinajstić information content (AvgIpc) is 1.55. The van der Waals surface area contributed by atoms with Crippen LogP contribution in [0.5, 0.6) is 0 Å². The molecule has 0 saturated heterocycles. The molecule has 0 bridgehead atoms. The van der Waals surface area contributed by atoms with Gasteiger partial charge in [0, 0.05) is 91.6 Å². The van der Waals surface area contributed by atoms with Crippen molar-refractivity contribution in [3.8, 4) is 89.8 Å². The predicted molar refractivity (Wildman–Crippen MR) is 422 cm³/mol. The van der Waals surface area contributed by atoms with Gasteiger partial charge in [0.15, 0.2) is 0 Å². The molecule has 16 aromatic rings. The Balaban J connectivity index is 0.000000140. The van der Waals surface area contributed by atoms with Crippen molar-refractivity contribution < 1.29 is 31.1 Å². The quantitative estimate of drug-likeness (QED) is 0.120. The number of fused-ring (bicyclic) bond motifs is 4. The van der Waals surface area contributed by atoms with E-state index in [1.165, 1.54) is 46.9 Å². The third kappa shape index (κ3) is 15.8. The van der Waals surface area contributed by atoms with Crippen LogP contribution in [0.15, 0.2) is 196 Å². The minimum absolute atomic E-state index is 0.0536. The van der Waals surface area contributed by atoms with Gasteiger partial charge in [-0.1, -0.05) is 102 Å². The van der Waals surface area contributed by atoms with Crippen molar-refractivity contribution in [3.63, 3.8) is 0 Å². The molecule has 0 amide bonds. The number of aryl methyl sites for hydroxylation is 5. The van der Waals surface area contributed by atoms with Gasteiger partial charge >= 0.3 is 0 Å². The molecule has 12 aromatic heterocycles. The second-order valence-corrected chi connectivity index (χ2v) is 27.6. The van der Waals surface area contributed by atoms with E-state index in [0.29, 0.717) is 68.2 Å². The van der Waals surface area contributed by atoms with E-state index in [2.05, 4.69) is 109 Å². The van der Waals surface area contributed by atoms with Crippen LogP contribution in [0.25, 0.3) is 123 Å². The molecule has 0 radical (unpaired) electrons. The Morgan fingerprint density at radius 2 is 0.709 bits per heavy atom. The Hall–Kier alpha value is -13.5. The summed E-state index contributed by atoms with van der Waals surface area (Å²) in [5, 5.41) is 38.2. The number of aliphatic hydroxyl groups is 2. The van der Waals surface area contributed by atoms with E-state index < -0.39 is 55.3 Å². The van der Waals surface area contributed by atoms with Crippen LogP contribution in [0, 0.1) is 53.6 Å². The molecule has 0 aliphatic carbocycles. The monoisotopic (exact) mass is 1470 g/mol. The lowest BCUT2D eigenvalue weighted by Gasteiger charge is -2.16. The zero-order chi connectivity index (χ0) is 88.1. The maximum absolute atomic E-state index is 13.5. The first-order valence-electron chi connectivity index (χ1n) is 40.3. The van der Waals surface area contributed by atoms with Crippen LogP contribution in [0.1, 0.15) is 136 Å². The lowest BCUT2D eigenvalue weighted by molar-refractivity contribution is 0.0729. The molecule has 0 aliphatic rings. The molecule has 548 valence electrons. The first kappa shape index (κ1) is 60.6. The maximum Gasteiger partial charge on any atom is 0.251 e. The van der Waals surface area contributed by atoms with Gasteiger partial charge in [-0.05, 0) is 161 Å². The summed E-state index contributed by atoms with van der Waals surface area (Å²) in [4.78, 5) is 58.6. The van der Waals surface area contributed by atoms with Crippen LogP contribution >= 0.6 is 0 Å². The Kier molecular flexibility index (Phi) is 16.6. The average molecular weight is 1470 g/mol. The Labute approximate surface area is 651 Å². The summed E-state index contributed by atoms with van der Waals surface area (Å²) in [5.41, 5.74) is 12.4. The van der Waals surface area contributed by atoms with Crippen molar-refractivity contribution in [2.45, 2.75) is 126 Å². The molecular weight excluding hydrogens is 1380 g/mol. The summed E-state index contributed by atoms with van der Waals surface area (Å²) >= 11 is 0. The van der Waals surface area contributed by atoms with Crippen LogP contribution < -0.4 is 0 Å². The third-order valence-electron chi connectivity index (χ3n) is 17.9. The van der Waals surface area contributed by atoms with Crippen LogP contribution in [-0.2, 0) is 22.0 Å². The number of hydrogen-bond acceptors (Lipinski definition) is 18. The molecule has 2 atom stereocenters. The highest BCUT2D eigenvalue weighted by Crippen LogP contribution is 2.38. The largest absolute Gasteiger partial charge is 0.384 e. The molecule has 110 heavy (non-hydrogen) atoms. The minimum atomic E-state index is -2.69. The number of hydrogen-bond donors (Lipinski definition) is 2. The lowest BCUT2D eigenvalue weighted by atomic mass is 9.93. The third-order valence-corrected chi connectivity index (χ3v) is 17.9. The number of pyridine rings is 4. The highest BCUT2D eigenvalue weighted by molar-refractivity contribution is 5.83. The molecule has 0 fully saturated rings. The van der Waals surface area contributed by atoms with E-state index in [0.717, 1.165) is 97.2 Å². The summed E-state index contributed by atoms with van der Waals surface area (Å²) < 4.78 is 112. The van der Waals surface area contributed by atoms with Crippen molar-refractivity contribution >= 4 is 34.5 Å². The molecule has 2 N–H and O–H groups in total. The molecule has 4 aromatic carbocycles. The van der Waals surface area contributed by atoms with Gasteiger partial charge in [-0.25, -0.2) is 54.0 Å². The molecule has 2 unspecified atom stereocenters. The lowest BCUT2D eigenvalue weighted by Crippen LogP contribution is -2.19. The van der Waals surface area contributed by atoms with Crippen LogP contribution in [0.2, 0.25) is 0 Å². The highest BCUT2D eigenvalue weighted by Gasteiger charge is 2.25. The number of halogens is 1. The van der Waals surface area contributed by atoms with Crippen molar-refractivity contribution in [1.82, 2.24) is 98.3 Å². The van der Waals surface area contributed by atoms with Gasteiger partial charge in [0.1, 0.15) is 17.0 Å². The van der Waals surface area contributed by atoms with E-state index in [1.54, 1.807) is 80.0 Å². The van der Waals surface area contributed by atoms with Crippen molar-refractivity contribution in [2.75, 3.05) is 0 Å². The molecule has 25 heteroatoms. The van der Waals surface area contributed by atoms with Gasteiger partial charge in [0.2, 0.25) is 11.4 Å². The van der Waals surface area contributed by atoms with Crippen molar-refractivity contribution in [1.29, 1.82) is 0 Å². The SMILES string of the molecule is [2H]C([2H])([2H])C(C)(C)c1cnn2c(-c3ccc(C)c(-c4cccnc4)c3)cnc2n1.[2H]C([2H])([2H])C(C)(C)c1cnn2c(-c3ccc(C)c(-c4ncc(C)cc4[N+]#[C-])c3)cnc2n1.[2H]C([2H])([2H])C(C)(O)c1cnn2c(-c3ccc(C)c(-c4cccnc4)c3)cnc2n1.[2H]C([2H])([2H])C(C)(O)c1cnn2c(-c3ccc(C)c(-c4ncc(F)cc4[N+]#[C-])c3)cnc2n1. The predicted octanol–water partition coefficient (Wildman–Crippen LogP) is 17.2. The number of rotatable bonds is 10. The van der Waals surface area contributed by atoms with Crippen molar-refractivity contribution in [2.24, 2.45) is 0 Å². The van der Waals surface area contributed by atoms with Gasteiger partial charge in [0.05, 0.1) is 126 Å². The fraction of sp³-hybridized carbons (Fsp3) is 0.224. The normalized spacial score (nSPS) is 14.7. The topological polar surface area (TPSA) is 273 Å². The zero-order valence-corrected chi connectivity index (χ0v) is 61.6. The van der Waals surface area contributed by atoms with Gasteiger partial charge in [-0.3, -0.25) is 19.9 Å². The fourth-order valence-electron chi connectivity index (χ4n) is 11.8. The van der Waals surface area contributed by atoms with Crippen LogP contribution in [-0.4, -0.2) is 108 Å². The summed E-state index contributed by atoms with van der Waals surface area (Å²) in [5.74, 6) is 0.441. The smallest absolute Gasteiger partial charge is 0.251 e. The summed E-state index contributed by atoms with van der Waals surface area (Å²) in [6.07, 6.45) is 21.9. The minimum Gasteiger partial charge on any atom is -0.384 e. The molecular formula is C85H79FN22O2. The Bertz CT molecular complexity index is 6340. The molecule has 0 saturated carbocycles. The first-order chi connectivity index (χ1) is 57.4. The number of imidazole rings is 4. The molecule has 16 rings (SSSR count). The van der Waals surface area contributed by atoms with Crippen molar-refractivity contribution in [3.05, 3.63) is 275 Å². The summed E-state index contributed by atoms with van der Waals surface area (Å²) in [6, 6.07) is 34.3. The highest BCUT2D eigenvalue weighted by atomic mass is 19.1. The number of benzene rings is 4. The molecule has 24 nitrogen and oxygen atoms in total. The van der Waals surface area contributed by atoms with E-state index in [4.69, 9.17) is 29.6 Å². The second kappa shape index (κ2) is 30.0. The van der Waals surface area contributed by atoms with Crippen LogP contribution in [0.3, 0.4) is 0 Å². The molecule has 12 heterocycles. The molecule has 0 spiro atoms. The fourth-order valence-corrected chi connectivity index (χ4v) is 11.8.